The molecule has 2 rings (SSSR count). The number of ether oxygens (including phenoxy) is 1. The Hall–Kier alpha value is -2.37. The summed E-state index contributed by atoms with van der Waals surface area (Å²) in [6, 6.07) is 6.25. The summed E-state index contributed by atoms with van der Waals surface area (Å²) in [7, 11) is 0. The molecule has 6 heteroatoms. The first-order valence-electron chi connectivity index (χ1n) is 7.31. The van der Waals surface area contributed by atoms with Gasteiger partial charge in [0.25, 0.3) is 6.43 Å². The van der Waals surface area contributed by atoms with Gasteiger partial charge in [-0.15, -0.1) is 0 Å². The van der Waals surface area contributed by atoms with Crippen LogP contribution < -0.4 is 4.74 Å². The van der Waals surface area contributed by atoms with Crippen molar-refractivity contribution in [3.05, 3.63) is 65.7 Å². The zero-order valence-corrected chi connectivity index (χ0v) is 12.8. The highest BCUT2D eigenvalue weighted by Gasteiger charge is 2.15. The Kier molecular flexibility index (Phi) is 5.95. The number of hydrogen-bond acceptors (Lipinski definition) is 1. The summed E-state index contributed by atoms with van der Waals surface area (Å²) >= 11 is 0. The number of aryl methyl sites for hydroxylation is 1. The molecule has 0 saturated carbocycles. The molecule has 1 nitrogen and oxygen atoms in total. The number of rotatable bonds is 6. The second kappa shape index (κ2) is 7.95. The SMILES string of the molecule is CCCc1ccc(-c2cc(F)c(O/C=C/C(F)F)c(F)c2)c(F)c1. The summed E-state index contributed by atoms with van der Waals surface area (Å²) < 4.78 is 70.5. The summed E-state index contributed by atoms with van der Waals surface area (Å²) in [6.07, 6.45) is -0.403. The zero-order valence-electron chi connectivity index (χ0n) is 12.8. The molecule has 0 aliphatic heterocycles. The van der Waals surface area contributed by atoms with Crippen LogP contribution in [0.15, 0.2) is 42.7 Å². The molecule has 128 valence electrons. The Morgan fingerprint density at radius 3 is 2.21 bits per heavy atom. The van der Waals surface area contributed by atoms with Gasteiger partial charge in [-0.25, -0.2) is 22.0 Å². The lowest BCUT2D eigenvalue weighted by molar-refractivity contribution is 0.200. The molecule has 0 atom stereocenters. The second-order valence-corrected chi connectivity index (χ2v) is 5.11. The Labute approximate surface area is 136 Å². The summed E-state index contributed by atoms with van der Waals surface area (Å²) in [5.41, 5.74) is 0.829. The van der Waals surface area contributed by atoms with E-state index in [1.165, 1.54) is 12.1 Å². The van der Waals surface area contributed by atoms with Crippen LogP contribution in [0, 0.1) is 17.5 Å². The fraction of sp³-hybridized carbons (Fsp3) is 0.222. The van der Waals surface area contributed by atoms with Gasteiger partial charge in [0.05, 0.1) is 6.26 Å². The summed E-state index contributed by atoms with van der Waals surface area (Å²) in [5, 5.41) is 0. The van der Waals surface area contributed by atoms with Crippen molar-refractivity contribution in [2.45, 2.75) is 26.2 Å². The molecule has 0 N–H and O–H groups in total. The van der Waals surface area contributed by atoms with Crippen molar-refractivity contribution in [2.75, 3.05) is 0 Å². The molecule has 0 unspecified atom stereocenters. The highest BCUT2D eigenvalue weighted by molar-refractivity contribution is 5.65. The third-order valence-electron chi connectivity index (χ3n) is 3.29. The molecule has 0 aliphatic rings. The fourth-order valence-electron chi connectivity index (χ4n) is 2.23. The van der Waals surface area contributed by atoms with E-state index in [-0.39, 0.29) is 11.1 Å². The Bertz CT molecular complexity index is 717. The van der Waals surface area contributed by atoms with Crippen molar-refractivity contribution in [1.29, 1.82) is 0 Å². The third-order valence-corrected chi connectivity index (χ3v) is 3.29. The van der Waals surface area contributed by atoms with E-state index >= 15 is 0 Å². The van der Waals surface area contributed by atoms with E-state index in [0.717, 1.165) is 24.1 Å². The first-order chi connectivity index (χ1) is 11.4. The molecule has 0 aliphatic carbocycles. The van der Waals surface area contributed by atoms with Crippen LogP contribution in [0.1, 0.15) is 18.9 Å². The molecule has 0 amide bonds. The third kappa shape index (κ3) is 4.34. The average molecular weight is 342 g/mol. The molecule has 2 aromatic carbocycles. The molecule has 0 saturated heterocycles. The van der Waals surface area contributed by atoms with Crippen molar-refractivity contribution < 1.29 is 26.7 Å². The molecule has 0 radical (unpaired) electrons. The van der Waals surface area contributed by atoms with Crippen LogP contribution >= 0.6 is 0 Å². The van der Waals surface area contributed by atoms with Gasteiger partial charge in [0, 0.05) is 11.6 Å². The molecule has 0 fully saturated rings. The van der Waals surface area contributed by atoms with E-state index in [2.05, 4.69) is 4.74 Å². The monoisotopic (exact) mass is 342 g/mol. The van der Waals surface area contributed by atoms with Crippen LogP contribution in [-0.2, 0) is 6.42 Å². The van der Waals surface area contributed by atoms with Crippen molar-refractivity contribution in [1.82, 2.24) is 0 Å². The smallest absolute Gasteiger partial charge is 0.260 e. The lowest BCUT2D eigenvalue weighted by Crippen LogP contribution is -1.96. The van der Waals surface area contributed by atoms with Crippen molar-refractivity contribution in [3.63, 3.8) is 0 Å². The van der Waals surface area contributed by atoms with Gasteiger partial charge in [-0.3, -0.25) is 0 Å². The average Bonchev–Trinajstić information content (AvgIpc) is 2.50. The molecular weight excluding hydrogens is 327 g/mol. The quantitative estimate of drug-likeness (QED) is 0.470. The molecular formula is C18H15F5O. The van der Waals surface area contributed by atoms with E-state index in [9.17, 15) is 22.0 Å². The highest BCUT2D eigenvalue weighted by atomic mass is 19.3. The molecule has 24 heavy (non-hydrogen) atoms. The number of halogens is 5. The standard InChI is InChI=1S/C18H15F5O/c1-2-3-11-4-5-13(14(19)8-11)12-9-15(20)18(16(21)10-12)24-7-6-17(22)23/h4-10,17H,2-3H2,1H3/b7-6+. The number of allylic oxidation sites excluding steroid dienone is 1. The largest absolute Gasteiger partial charge is 0.459 e. The van der Waals surface area contributed by atoms with Gasteiger partial charge in [-0.1, -0.05) is 25.5 Å². The topological polar surface area (TPSA) is 9.23 Å². The predicted octanol–water partition coefficient (Wildman–Crippen LogP) is 5.88. The zero-order chi connectivity index (χ0) is 17.7. The fourth-order valence-corrected chi connectivity index (χ4v) is 2.23. The van der Waals surface area contributed by atoms with Gasteiger partial charge in [0.2, 0.25) is 0 Å². The Morgan fingerprint density at radius 1 is 1.00 bits per heavy atom. The second-order valence-electron chi connectivity index (χ2n) is 5.11. The minimum Gasteiger partial charge on any atom is -0.459 e. The Morgan fingerprint density at radius 2 is 1.67 bits per heavy atom. The van der Waals surface area contributed by atoms with Crippen molar-refractivity contribution >= 4 is 0 Å². The van der Waals surface area contributed by atoms with Gasteiger partial charge >= 0.3 is 0 Å². The van der Waals surface area contributed by atoms with Gasteiger partial charge in [0.1, 0.15) is 5.82 Å². The van der Waals surface area contributed by atoms with Crippen LogP contribution in [0.4, 0.5) is 22.0 Å². The van der Waals surface area contributed by atoms with Crippen LogP contribution in [-0.4, -0.2) is 6.43 Å². The predicted molar refractivity (Wildman–Crippen MR) is 81.5 cm³/mol. The lowest BCUT2D eigenvalue weighted by atomic mass is 10.0. The van der Waals surface area contributed by atoms with Crippen LogP contribution in [0.2, 0.25) is 0 Å². The molecule has 0 spiro atoms. The first-order valence-corrected chi connectivity index (χ1v) is 7.31. The van der Waals surface area contributed by atoms with Gasteiger partial charge in [-0.05, 0) is 35.7 Å². The van der Waals surface area contributed by atoms with E-state index in [0.29, 0.717) is 18.8 Å². The van der Waals surface area contributed by atoms with E-state index in [1.54, 1.807) is 6.07 Å². The van der Waals surface area contributed by atoms with Gasteiger partial charge < -0.3 is 4.74 Å². The maximum absolute atomic E-state index is 14.1. The van der Waals surface area contributed by atoms with E-state index in [4.69, 9.17) is 0 Å². The number of alkyl halides is 2. The first kappa shape index (κ1) is 18.0. The number of hydrogen-bond donors (Lipinski definition) is 0. The minimum absolute atomic E-state index is 0.00395. The minimum atomic E-state index is -2.80. The van der Waals surface area contributed by atoms with Crippen molar-refractivity contribution in [2.24, 2.45) is 0 Å². The number of benzene rings is 2. The molecule has 0 heterocycles. The maximum Gasteiger partial charge on any atom is 0.260 e. The normalized spacial score (nSPS) is 11.5. The summed E-state index contributed by atoms with van der Waals surface area (Å²) in [5.74, 6) is -3.63. The summed E-state index contributed by atoms with van der Waals surface area (Å²) in [6.45, 7) is 1.96. The van der Waals surface area contributed by atoms with Gasteiger partial charge in [-0.2, -0.15) is 0 Å². The molecule has 0 bridgehead atoms. The Balaban J connectivity index is 2.33. The van der Waals surface area contributed by atoms with Crippen LogP contribution in [0.25, 0.3) is 11.1 Å². The van der Waals surface area contributed by atoms with Crippen molar-refractivity contribution in [3.8, 4) is 16.9 Å². The van der Waals surface area contributed by atoms with Crippen LogP contribution in [0.3, 0.4) is 0 Å². The van der Waals surface area contributed by atoms with E-state index in [1.807, 2.05) is 6.92 Å². The van der Waals surface area contributed by atoms with Gasteiger partial charge in [0.15, 0.2) is 17.4 Å². The molecule has 0 aromatic heterocycles. The summed E-state index contributed by atoms with van der Waals surface area (Å²) in [4.78, 5) is 0. The lowest BCUT2D eigenvalue weighted by Gasteiger charge is -2.09. The van der Waals surface area contributed by atoms with Crippen LogP contribution in [0.5, 0.6) is 5.75 Å². The molecule has 2 aromatic rings. The van der Waals surface area contributed by atoms with E-state index < -0.39 is 29.6 Å². The highest BCUT2D eigenvalue weighted by Crippen LogP contribution is 2.31. The maximum atomic E-state index is 14.1.